The van der Waals surface area contributed by atoms with Gasteiger partial charge in [0.15, 0.2) is 0 Å². The van der Waals surface area contributed by atoms with E-state index >= 15 is 0 Å². The van der Waals surface area contributed by atoms with Gasteiger partial charge in [0, 0.05) is 50.0 Å². The van der Waals surface area contributed by atoms with Crippen LogP contribution in [0, 0.1) is 11.3 Å². The first-order valence-corrected chi connectivity index (χ1v) is 9.22. The fraction of sp³-hybridized carbons (Fsp3) is 0.500. The lowest BCUT2D eigenvalue weighted by molar-refractivity contribution is -0.0304. The molecule has 0 spiro atoms. The highest BCUT2D eigenvalue weighted by Gasteiger charge is 2.30. The van der Waals surface area contributed by atoms with Crippen molar-refractivity contribution in [2.45, 2.75) is 31.7 Å². The molecule has 0 unspecified atom stereocenters. The van der Waals surface area contributed by atoms with Crippen molar-refractivity contribution in [2.75, 3.05) is 37.6 Å². The summed E-state index contributed by atoms with van der Waals surface area (Å²) in [5.41, 5.74) is 2.47. The van der Waals surface area contributed by atoms with E-state index in [1.54, 1.807) is 6.20 Å². The van der Waals surface area contributed by atoms with Gasteiger partial charge in [0.05, 0.1) is 29.4 Å². The molecule has 0 saturated carbocycles. The quantitative estimate of drug-likeness (QED) is 0.908. The van der Waals surface area contributed by atoms with E-state index in [1.165, 1.54) is 0 Å². The van der Waals surface area contributed by atoms with Crippen LogP contribution in [0.3, 0.4) is 0 Å². The third-order valence-electron chi connectivity index (χ3n) is 5.24. The van der Waals surface area contributed by atoms with Crippen molar-refractivity contribution in [2.24, 2.45) is 0 Å². The number of fused-ring (bicyclic) bond motifs is 1. The van der Waals surface area contributed by atoms with Gasteiger partial charge in [0.25, 0.3) is 0 Å². The van der Waals surface area contributed by atoms with Crippen LogP contribution in [0.25, 0.3) is 10.9 Å². The first kappa shape index (κ1) is 17.2. The summed E-state index contributed by atoms with van der Waals surface area (Å²) >= 11 is 0. The molecule has 2 aliphatic heterocycles. The summed E-state index contributed by atoms with van der Waals surface area (Å²) in [6.45, 7) is 6.21. The minimum atomic E-state index is -0.208. The van der Waals surface area contributed by atoms with Crippen LogP contribution in [0.4, 0.5) is 5.69 Å². The van der Waals surface area contributed by atoms with Gasteiger partial charge < -0.3 is 14.7 Å². The van der Waals surface area contributed by atoms with Gasteiger partial charge >= 0.3 is 0 Å². The maximum absolute atomic E-state index is 9.75. The van der Waals surface area contributed by atoms with Crippen molar-refractivity contribution in [1.29, 1.82) is 5.26 Å². The normalized spacial score (nSPS) is 27.0. The Bertz CT molecular complexity index is 834. The second-order valence-electron chi connectivity index (χ2n) is 7.32. The number of anilines is 1. The minimum Gasteiger partial charge on any atom is -0.392 e. The molecular weight excluding hydrogens is 328 g/mol. The summed E-state index contributed by atoms with van der Waals surface area (Å²) in [5, 5.41) is 20.1. The standard InChI is InChI=1S/C20H24N4O2/c1-14-10-24(13-17(26-14)12-23-8-6-16(25)11-23)19-5-4-15(9-21)20-18(19)3-2-7-22-20/h2-5,7,14,16-17,25H,6,8,10-13H2,1H3/t14-,16-,17+/m1/s1. The lowest BCUT2D eigenvalue weighted by Gasteiger charge is -2.40. The van der Waals surface area contributed by atoms with Crippen molar-refractivity contribution in [3.63, 3.8) is 0 Å². The molecule has 0 aliphatic carbocycles. The van der Waals surface area contributed by atoms with Crippen LogP contribution in [0.15, 0.2) is 30.5 Å². The summed E-state index contributed by atoms with van der Waals surface area (Å²) in [5.74, 6) is 0. The second-order valence-corrected chi connectivity index (χ2v) is 7.32. The first-order chi connectivity index (χ1) is 12.6. The van der Waals surface area contributed by atoms with Crippen molar-refractivity contribution in [3.05, 3.63) is 36.0 Å². The monoisotopic (exact) mass is 352 g/mol. The molecule has 26 heavy (non-hydrogen) atoms. The maximum Gasteiger partial charge on any atom is 0.101 e. The number of aliphatic hydroxyl groups is 1. The molecule has 6 heteroatoms. The van der Waals surface area contributed by atoms with E-state index in [0.717, 1.165) is 55.7 Å². The molecule has 3 atom stereocenters. The highest BCUT2D eigenvalue weighted by atomic mass is 16.5. The van der Waals surface area contributed by atoms with Gasteiger partial charge in [-0.15, -0.1) is 0 Å². The molecule has 2 saturated heterocycles. The van der Waals surface area contributed by atoms with E-state index in [2.05, 4.69) is 27.8 Å². The van der Waals surface area contributed by atoms with Crippen LogP contribution in [-0.2, 0) is 4.74 Å². The Morgan fingerprint density at radius 2 is 2.19 bits per heavy atom. The largest absolute Gasteiger partial charge is 0.392 e. The van der Waals surface area contributed by atoms with Crippen molar-refractivity contribution in [1.82, 2.24) is 9.88 Å². The molecule has 1 aromatic heterocycles. The third kappa shape index (κ3) is 3.38. The number of likely N-dealkylation sites (tertiary alicyclic amines) is 1. The van der Waals surface area contributed by atoms with Gasteiger partial charge in [-0.2, -0.15) is 5.26 Å². The Kier molecular flexibility index (Phi) is 4.77. The van der Waals surface area contributed by atoms with Gasteiger partial charge in [-0.1, -0.05) is 0 Å². The molecule has 4 rings (SSSR count). The lowest BCUT2D eigenvalue weighted by atomic mass is 10.1. The number of morpholine rings is 1. The van der Waals surface area contributed by atoms with E-state index in [4.69, 9.17) is 4.74 Å². The fourth-order valence-electron chi connectivity index (χ4n) is 4.13. The number of nitriles is 1. The summed E-state index contributed by atoms with van der Waals surface area (Å²) < 4.78 is 6.16. The van der Waals surface area contributed by atoms with E-state index in [-0.39, 0.29) is 18.3 Å². The second kappa shape index (κ2) is 7.20. The van der Waals surface area contributed by atoms with Gasteiger partial charge in [-0.05, 0) is 37.6 Å². The summed E-state index contributed by atoms with van der Waals surface area (Å²) in [4.78, 5) is 9.05. The SMILES string of the molecule is C[C@@H]1CN(c2ccc(C#N)c3ncccc23)C[C@H](CN2CC[C@@H](O)C2)O1. The Balaban J connectivity index is 1.59. The Morgan fingerprint density at radius 3 is 2.96 bits per heavy atom. The average Bonchev–Trinajstić information content (AvgIpc) is 3.05. The van der Waals surface area contributed by atoms with Crippen LogP contribution >= 0.6 is 0 Å². The molecule has 1 N–H and O–H groups in total. The number of rotatable bonds is 3. The number of nitrogens with zero attached hydrogens (tertiary/aromatic N) is 4. The number of pyridine rings is 1. The first-order valence-electron chi connectivity index (χ1n) is 9.22. The highest BCUT2D eigenvalue weighted by molar-refractivity contribution is 5.95. The molecule has 3 heterocycles. The number of benzene rings is 1. The predicted molar refractivity (Wildman–Crippen MR) is 100 cm³/mol. The van der Waals surface area contributed by atoms with E-state index in [9.17, 15) is 10.4 Å². The Labute approximate surface area is 153 Å². The maximum atomic E-state index is 9.75. The van der Waals surface area contributed by atoms with Crippen molar-refractivity contribution in [3.8, 4) is 6.07 Å². The molecule has 0 radical (unpaired) electrons. The topological polar surface area (TPSA) is 72.6 Å². The molecule has 2 fully saturated rings. The molecule has 2 aromatic rings. The van der Waals surface area contributed by atoms with E-state index < -0.39 is 0 Å². The number of aromatic nitrogens is 1. The van der Waals surface area contributed by atoms with Crippen LogP contribution in [-0.4, -0.2) is 66.0 Å². The number of hydrogen-bond acceptors (Lipinski definition) is 6. The Hall–Kier alpha value is -2.20. The zero-order chi connectivity index (χ0) is 18.1. The van der Waals surface area contributed by atoms with Crippen LogP contribution < -0.4 is 4.90 Å². The fourth-order valence-corrected chi connectivity index (χ4v) is 4.13. The van der Waals surface area contributed by atoms with Crippen molar-refractivity contribution < 1.29 is 9.84 Å². The van der Waals surface area contributed by atoms with Crippen LogP contribution in [0.1, 0.15) is 18.9 Å². The van der Waals surface area contributed by atoms with Gasteiger partial charge in [0.2, 0.25) is 0 Å². The molecule has 0 amide bonds. The lowest BCUT2D eigenvalue weighted by Crippen LogP contribution is -2.50. The highest BCUT2D eigenvalue weighted by Crippen LogP contribution is 2.30. The summed E-state index contributed by atoms with van der Waals surface area (Å²) in [6.07, 6.45) is 2.60. The molecular formula is C20H24N4O2. The smallest absolute Gasteiger partial charge is 0.101 e. The summed E-state index contributed by atoms with van der Waals surface area (Å²) in [6, 6.07) is 10.1. The molecule has 0 bridgehead atoms. The summed E-state index contributed by atoms with van der Waals surface area (Å²) in [7, 11) is 0. The van der Waals surface area contributed by atoms with Crippen LogP contribution in [0.5, 0.6) is 0 Å². The van der Waals surface area contributed by atoms with Gasteiger partial charge in [0.1, 0.15) is 6.07 Å². The Morgan fingerprint density at radius 1 is 1.31 bits per heavy atom. The molecule has 2 aliphatic rings. The van der Waals surface area contributed by atoms with E-state index in [1.807, 2.05) is 24.3 Å². The van der Waals surface area contributed by atoms with Crippen molar-refractivity contribution >= 4 is 16.6 Å². The zero-order valence-corrected chi connectivity index (χ0v) is 15.0. The number of ether oxygens (including phenoxy) is 1. The number of hydrogen-bond donors (Lipinski definition) is 1. The average molecular weight is 352 g/mol. The van der Waals surface area contributed by atoms with Gasteiger partial charge in [-0.3, -0.25) is 9.88 Å². The van der Waals surface area contributed by atoms with E-state index in [0.29, 0.717) is 5.56 Å². The minimum absolute atomic E-state index is 0.103. The zero-order valence-electron chi connectivity index (χ0n) is 15.0. The van der Waals surface area contributed by atoms with Gasteiger partial charge in [-0.25, -0.2) is 0 Å². The number of β-amino-alcohol motifs (C(OH)–C–C–N with tert-alkyl or cyclic N) is 1. The van der Waals surface area contributed by atoms with Crippen LogP contribution in [0.2, 0.25) is 0 Å². The molecule has 136 valence electrons. The third-order valence-corrected chi connectivity index (χ3v) is 5.24. The molecule has 6 nitrogen and oxygen atoms in total. The predicted octanol–water partition coefficient (Wildman–Crippen LogP) is 1.77. The number of aliphatic hydroxyl groups excluding tert-OH is 1. The molecule has 1 aromatic carbocycles.